The Hall–Kier alpha value is 0.140. The number of rotatable bonds is 5. The molecule has 0 fully saturated rings. The Balaban J connectivity index is 2.15. The van der Waals surface area contributed by atoms with Crippen LogP contribution in [-0.2, 0) is 6.42 Å². The first-order valence-electron chi connectivity index (χ1n) is 4.27. The highest BCUT2D eigenvalue weighted by molar-refractivity contribution is 9.11. The molecule has 0 aliphatic heterocycles. The van der Waals surface area contributed by atoms with Gasteiger partial charge in [-0.2, -0.15) is 0 Å². The molecular formula is C9H14BrNS. The molecule has 0 spiro atoms. The Morgan fingerprint density at radius 2 is 2.08 bits per heavy atom. The molecule has 12 heavy (non-hydrogen) atoms. The van der Waals surface area contributed by atoms with E-state index in [1.165, 1.54) is 27.9 Å². The predicted molar refractivity (Wildman–Crippen MR) is 58.6 cm³/mol. The van der Waals surface area contributed by atoms with Crippen LogP contribution in [-0.4, -0.2) is 6.54 Å². The Morgan fingerprint density at radius 3 is 2.67 bits per heavy atom. The van der Waals surface area contributed by atoms with E-state index in [9.17, 15) is 0 Å². The minimum Gasteiger partial charge on any atom is -0.330 e. The quantitative estimate of drug-likeness (QED) is 0.796. The predicted octanol–water partition coefficient (Wildman–Crippen LogP) is 3.18. The Morgan fingerprint density at radius 1 is 1.25 bits per heavy atom. The van der Waals surface area contributed by atoms with Crippen LogP contribution in [0.5, 0.6) is 0 Å². The average molecular weight is 248 g/mol. The average Bonchev–Trinajstić information content (AvgIpc) is 2.45. The molecule has 1 aromatic rings. The Bertz CT molecular complexity index is 222. The van der Waals surface area contributed by atoms with Gasteiger partial charge >= 0.3 is 0 Å². The summed E-state index contributed by atoms with van der Waals surface area (Å²) in [6.07, 6.45) is 4.89. The zero-order valence-corrected chi connectivity index (χ0v) is 9.46. The topological polar surface area (TPSA) is 26.0 Å². The van der Waals surface area contributed by atoms with Crippen molar-refractivity contribution in [2.75, 3.05) is 6.54 Å². The molecule has 1 aromatic heterocycles. The van der Waals surface area contributed by atoms with Gasteiger partial charge in [-0.05, 0) is 53.9 Å². The van der Waals surface area contributed by atoms with Crippen LogP contribution in [0.2, 0.25) is 0 Å². The summed E-state index contributed by atoms with van der Waals surface area (Å²) >= 11 is 5.28. The van der Waals surface area contributed by atoms with Crippen molar-refractivity contribution in [3.63, 3.8) is 0 Å². The second-order valence-corrected chi connectivity index (χ2v) is 5.35. The highest BCUT2D eigenvalue weighted by Crippen LogP contribution is 2.23. The number of nitrogens with two attached hydrogens (primary N) is 1. The Labute approximate surface area is 86.1 Å². The first kappa shape index (κ1) is 10.2. The lowest BCUT2D eigenvalue weighted by Gasteiger charge is -1.96. The molecule has 0 atom stereocenters. The van der Waals surface area contributed by atoms with Gasteiger partial charge in [0.05, 0.1) is 3.79 Å². The number of aryl methyl sites for hydroxylation is 1. The fraction of sp³-hybridized carbons (Fsp3) is 0.556. The van der Waals surface area contributed by atoms with Crippen molar-refractivity contribution in [3.05, 3.63) is 20.8 Å². The van der Waals surface area contributed by atoms with Crippen LogP contribution >= 0.6 is 27.3 Å². The van der Waals surface area contributed by atoms with Crippen LogP contribution in [0.15, 0.2) is 15.9 Å². The van der Waals surface area contributed by atoms with E-state index in [0.717, 1.165) is 13.0 Å². The monoisotopic (exact) mass is 247 g/mol. The van der Waals surface area contributed by atoms with Gasteiger partial charge < -0.3 is 5.73 Å². The molecule has 0 bridgehead atoms. The van der Waals surface area contributed by atoms with E-state index in [0.29, 0.717) is 0 Å². The second-order valence-electron chi connectivity index (χ2n) is 2.81. The van der Waals surface area contributed by atoms with Crippen molar-refractivity contribution in [1.82, 2.24) is 0 Å². The van der Waals surface area contributed by atoms with Crippen molar-refractivity contribution >= 4 is 27.3 Å². The lowest BCUT2D eigenvalue weighted by molar-refractivity contribution is 0.690. The molecule has 0 unspecified atom stereocenters. The molecule has 0 saturated heterocycles. The van der Waals surface area contributed by atoms with E-state index in [4.69, 9.17) is 5.73 Å². The maximum Gasteiger partial charge on any atom is 0.0701 e. The molecule has 0 amide bonds. The number of unbranched alkanes of at least 4 members (excludes halogenated alkanes) is 2. The van der Waals surface area contributed by atoms with Gasteiger partial charge in [0.2, 0.25) is 0 Å². The van der Waals surface area contributed by atoms with Gasteiger partial charge in [0.15, 0.2) is 0 Å². The number of thiophene rings is 1. The van der Waals surface area contributed by atoms with Crippen LogP contribution in [0, 0.1) is 0 Å². The molecule has 68 valence electrons. The largest absolute Gasteiger partial charge is 0.330 e. The van der Waals surface area contributed by atoms with Gasteiger partial charge in [0, 0.05) is 4.88 Å². The van der Waals surface area contributed by atoms with Crippen LogP contribution in [0.25, 0.3) is 0 Å². The number of hydrogen-bond donors (Lipinski definition) is 1. The van der Waals surface area contributed by atoms with E-state index in [1.807, 2.05) is 11.3 Å². The summed E-state index contributed by atoms with van der Waals surface area (Å²) in [6.45, 7) is 0.828. The molecule has 1 heterocycles. The van der Waals surface area contributed by atoms with E-state index in [1.54, 1.807) is 0 Å². The third-order valence-corrected chi connectivity index (χ3v) is 3.44. The van der Waals surface area contributed by atoms with Crippen LogP contribution < -0.4 is 5.73 Å². The van der Waals surface area contributed by atoms with E-state index >= 15 is 0 Å². The molecule has 2 N–H and O–H groups in total. The van der Waals surface area contributed by atoms with Gasteiger partial charge in [-0.1, -0.05) is 6.42 Å². The molecule has 3 heteroatoms. The highest BCUT2D eigenvalue weighted by Gasteiger charge is 1.96. The fourth-order valence-electron chi connectivity index (χ4n) is 1.11. The first-order valence-corrected chi connectivity index (χ1v) is 5.88. The van der Waals surface area contributed by atoms with Crippen molar-refractivity contribution in [3.8, 4) is 0 Å². The van der Waals surface area contributed by atoms with Crippen molar-refractivity contribution in [1.29, 1.82) is 0 Å². The Kier molecular flexibility index (Phi) is 4.88. The first-order chi connectivity index (χ1) is 5.83. The normalized spacial score (nSPS) is 10.5. The summed E-state index contributed by atoms with van der Waals surface area (Å²) in [5.74, 6) is 0. The maximum atomic E-state index is 5.41. The van der Waals surface area contributed by atoms with Crippen molar-refractivity contribution in [2.24, 2.45) is 5.73 Å². The van der Waals surface area contributed by atoms with Crippen LogP contribution in [0.3, 0.4) is 0 Å². The summed E-state index contributed by atoms with van der Waals surface area (Å²) in [5.41, 5.74) is 5.41. The van der Waals surface area contributed by atoms with Crippen LogP contribution in [0.4, 0.5) is 0 Å². The van der Waals surface area contributed by atoms with E-state index in [2.05, 4.69) is 28.1 Å². The van der Waals surface area contributed by atoms with Crippen molar-refractivity contribution < 1.29 is 0 Å². The third-order valence-electron chi connectivity index (χ3n) is 1.76. The molecule has 0 aliphatic carbocycles. The minimum atomic E-state index is 0.828. The van der Waals surface area contributed by atoms with Gasteiger partial charge in [-0.3, -0.25) is 0 Å². The van der Waals surface area contributed by atoms with E-state index < -0.39 is 0 Å². The standard InChI is InChI=1S/C9H14BrNS/c10-9-6-5-8(12-9)4-2-1-3-7-11/h5-6H,1-4,7,11H2. The summed E-state index contributed by atoms with van der Waals surface area (Å²) in [4.78, 5) is 1.47. The summed E-state index contributed by atoms with van der Waals surface area (Å²) < 4.78 is 1.23. The molecule has 1 nitrogen and oxygen atoms in total. The maximum absolute atomic E-state index is 5.41. The van der Waals surface area contributed by atoms with Gasteiger partial charge in [0.1, 0.15) is 0 Å². The van der Waals surface area contributed by atoms with Crippen molar-refractivity contribution in [2.45, 2.75) is 25.7 Å². The minimum absolute atomic E-state index is 0.828. The fourth-order valence-corrected chi connectivity index (χ4v) is 2.63. The summed E-state index contributed by atoms with van der Waals surface area (Å²) in [7, 11) is 0. The second kappa shape index (κ2) is 5.73. The van der Waals surface area contributed by atoms with Gasteiger partial charge in [-0.15, -0.1) is 11.3 Å². The lowest BCUT2D eigenvalue weighted by atomic mass is 10.2. The van der Waals surface area contributed by atoms with E-state index in [-0.39, 0.29) is 0 Å². The molecule has 0 aliphatic rings. The number of halogens is 1. The van der Waals surface area contributed by atoms with Gasteiger partial charge in [0.25, 0.3) is 0 Å². The van der Waals surface area contributed by atoms with Gasteiger partial charge in [-0.25, -0.2) is 0 Å². The molecule has 0 aromatic carbocycles. The highest BCUT2D eigenvalue weighted by atomic mass is 79.9. The smallest absolute Gasteiger partial charge is 0.0701 e. The molecular weight excluding hydrogens is 234 g/mol. The zero-order valence-electron chi connectivity index (χ0n) is 7.05. The molecule has 0 saturated carbocycles. The lowest BCUT2D eigenvalue weighted by Crippen LogP contribution is -1.97. The summed E-state index contributed by atoms with van der Waals surface area (Å²) in [6, 6.07) is 4.31. The number of hydrogen-bond acceptors (Lipinski definition) is 2. The molecule has 0 radical (unpaired) electrons. The summed E-state index contributed by atoms with van der Waals surface area (Å²) in [5, 5.41) is 0. The third kappa shape index (κ3) is 3.70. The SMILES string of the molecule is NCCCCCc1ccc(Br)s1. The molecule has 1 rings (SSSR count). The zero-order chi connectivity index (χ0) is 8.81. The van der Waals surface area contributed by atoms with Crippen LogP contribution in [0.1, 0.15) is 24.1 Å².